The van der Waals surface area contributed by atoms with Gasteiger partial charge in [-0.2, -0.15) is 0 Å². The van der Waals surface area contributed by atoms with Crippen LogP contribution in [-0.4, -0.2) is 11.1 Å². The molecule has 0 aliphatic rings. The monoisotopic (exact) mass is 193 g/mol. The third-order valence-corrected chi connectivity index (χ3v) is 2.44. The summed E-state index contributed by atoms with van der Waals surface area (Å²) in [5.74, 6) is 0.412. The molecule has 0 aliphatic carbocycles. The van der Waals surface area contributed by atoms with Gasteiger partial charge in [0, 0.05) is 6.04 Å². The molecule has 1 aromatic carbocycles. The molecule has 0 amide bonds. The number of aromatic hydroxyl groups is 1. The Kier molecular flexibility index (Phi) is 3.53. The smallest absolute Gasteiger partial charge is 0.121 e. The number of hydrogen-bond donors (Lipinski definition) is 2. The van der Waals surface area contributed by atoms with Gasteiger partial charge in [-0.3, -0.25) is 0 Å². The van der Waals surface area contributed by atoms with Crippen LogP contribution in [0.1, 0.15) is 30.0 Å². The lowest BCUT2D eigenvalue weighted by atomic mass is 10.0. The summed E-state index contributed by atoms with van der Waals surface area (Å²) in [4.78, 5) is 0. The summed E-state index contributed by atoms with van der Waals surface area (Å²) in [6.07, 6.45) is 1.98. The van der Waals surface area contributed by atoms with E-state index in [9.17, 15) is 5.11 Å². The Morgan fingerprint density at radius 2 is 1.79 bits per heavy atom. The summed E-state index contributed by atoms with van der Waals surface area (Å²) in [6.45, 7) is 5.87. The predicted molar refractivity (Wildman–Crippen MR) is 59.6 cm³/mol. The van der Waals surface area contributed by atoms with E-state index < -0.39 is 0 Å². The molecule has 3 N–H and O–H groups in total. The largest absolute Gasteiger partial charge is 0.507 e. The van der Waals surface area contributed by atoms with Gasteiger partial charge < -0.3 is 10.8 Å². The topological polar surface area (TPSA) is 46.2 Å². The number of phenols is 1. The van der Waals surface area contributed by atoms with Crippen molar-refractivity contribution in [2.24, 2.45) is 5.73 Å². The van der Waals surface area contributed by atoms with Crippen molar-refractivity contribution < 1.29 is 5.11 Å². The Hall–Kier alpha value is -1.02. The zero-order valence-corrected chi connectivity index (χ0v) is 9.17. The van der Waals surface area contributed by atoms with Gasteiger partial charge in [-0.1, -0.05) is 12.1 Å². The maximum absolute atomic E-state index is 9.58. The average molecular weight is 193 g/mol. The summed E-state index contributed by atoms with van der Waals surface area (Å²) in [6, 6.07) is 4.31. The zero-order valence-electron chi connectivity index (χ0n) is 9.17. The van der Waals surface area contributed by atoms with E-state index in [1.807, 2.05) is 32.9 Å². The van der Waals surface area contributed by atoms with Crippen LogP contribution in [0.15, 0.2) is 12.1 Å². The molecule has 0 aromatic heterocycles. The Labute approximate surface area is 85.8 Å². The second kappa shape index (κ2) is 4.47. The van der Waals surface area contributed by atoms with Crippen molar-refractivity contribution in [1.29, 1.82) is 0 Å². The minimum atomic E-state index is 0.240. The molecule has 0 spiro atoms. The summed E-state index contributed by atoms with van der Waals surface area (Å²) in [5, 5.41) is 9.58. The molecule has 0 aliphatic heterocycles. The minimum absolute atomic E-state index is 0.240. The van der Waals surface area contributed by atoms with Crippen LogP contribution in [0, 0.1) is 13.8 Å². The van der Waals surface area contributed by atoms with Crippen LogP contribution < -0.4 is 5.73 Å². The van der Waals surface area contributed by atoms with Crippen LogP contribution >= 0.6 is 0 Å². The average Bonchev–Trinajstić information content (AvgIpc) is 2.10. The molecule has 14 heavy (non-hydrogen) atoms. The summed E-state index contributed by atoms with van der Waals surface area (Å²) < 4.78 is 0. The molecule has 0 heterocycles. The second-order valence-corrected chi connectivity index (χ2v) is 4.09. The van der Waals surface area contributed by atoms with Gasteiger partial charge in [0.15, 0.2) is 0 Å². The number of rotatable bonds is 3. The molecule has 2 heteroatoms. The van der Waals surface area contributed by atoms with Gasteiger partial charge >= 0.3 is 0 Å². The highest BCUT2D eigenvalue weighted by Gasteiger charge is 2.04. The third-order valence-electron chi connectivity index (χ3n) is 2.44. The summed E-state index contributed by atoms with van der Waals surface area (Å²) >= 11 is 0. The van der Waals surface area contributed by atoms with Crippen molar-refractivity contribution in [1.82, 2.24) is 0 Å². The Balaban J connectivity index is 2.79. The van der Waals surface area contributed by atoms with Crippen LogP contribution in [-0.2, 0) is 6.42 Å². The highest BCUT2D eigenvalue weighted by molar-refractivity contribution is 5.42. The van der Waals surface area contributed by atoms with Crippen LogP contribution in [0.5, 0.6) is 5.75 Å². The molecule has 1 atom stereocenters. The van der Waals surface area contributed by atoms with Gasteiger partial charge in [-0.25, -0.2) is 0 Å². The van der Waals surface area contributed by atoms with E-state index in [-0.39, 0.29) is 6.04 Å². The van der Waals surface area contributed by atoms with Crippen molar-refractivity contribution in [2.75, 3.05) is 0 Å². The first-order valence-electron chi connectivity index (χ1n) is 5.05. The zero-order chi connectivity index (χ0) is 10.7. The van der Waals surface area contributed by atoms with Crippen molar-refractivity contribution in [3.8, 4) is 5.75 Å². The number of benzene rings is 1. The van der Waals surface area contributed by atoms with Gasteiger partial charge in [0.25, 0.3) is 0 Å². The molecule has 2 nitrogen and oxygen atoms in total. The lowest BCUT2D eigenvalue weighted by Gasteiger charge is -2.09. The van der Waals surface area contributed by atoms with E-state index in [0.29, 0.717) is 5.75 Å². The first-order valence-corrected chi connectivity index (χ1v) is 5.05. The van der Waals surface area contributed by atoms with Crippen molar-refractivity contribution in [2.45, 2.75) is 39.7 Å². The first-order chi connectivity index (χ1) is 6.50. The third kappa shape index (κ3) is 2.74. The highest BCUT2D eigenvalue weighted by atomic mass is 16.3. The molecule has 0 radical (unpaired) electrons. The Morgan fingerprint density at radius 3 is 2.21 bits per heavy atom. The number of hydrogen-bond acceptors (Lipinski definition) is 2. The first kappa shape index (κ1) is 11.1. The van der Waals surface area contributed by atoms with Crippen molar-refractivity contribution >= 4 is 0 Å². The SMILES string of the molecule is Cc1cc(CC[C@@H](C)N)cc(C)c1O. The van der Waals surface area contributed by atoms with Crippen molar-refractivity contribution in [3.63, 3.8) is 0 Å². The minimum Gasteiger partial charge on any atom is -0.507 e. The van der Waals surface area contributed by atoms with Gasteiger partial charge in [0.1, 0.15) is 5.75 Å². The molecule has 0 saturated carbocycles. The van der Waals surface area contributed by atoms with Gasteiger partial charge in [-0.15, -0.1) is 0 Å². The van der Waals surface area contributed by atoms with Crippen molar-refractivity contribution in [3.05, 3.63) is 28.8 Å². The van der Waals surface area contributed by atoms with Crippen LogP contribution in [0.3, 0.4) is 0 Å². The fourth-order valence-electron chi connectivity index (χ4n) is 1.58. The number of phenolic OH excluding ortho intramolecular Hbond substituents is 1. The Morgan fingerprint density at radius 1 is 1.29 bits per heavy atom. The summed E-state index contributed by atoms with van der Waals surface area (Å²) in [7, 11) is 0. The molecule has 1 aromatic rings. The predicted octanol–water partition coefficient (Wildman–Crippen LogP) is 2.29. The standard InChI is InChI=1S/C12H19NO/c1-8-6-11(5-4-10(3)13)7-9(2)12(8)14/h6-7,10,14H,4-5,13H2,1-3H3/t10-/m1/s1. The van der Waals surface area contributed by atoms with E-state index in [1.54, 1.807) is 0 Å². The lowest BCUT2D eigenvalue weighted by molar-refractivity contribution is 0.466. The quantitative estimate of drug-likeness (QED) is 0.773. The second-order valence-electron chi connectivity index (χ2n) is 4.09. The van der Waals surface area contributed by atoms with Gasteiger partial charge in [0.05, 0.1) is 0 Å². The number of nitrogens with two attached hydrogens (primary N) is 1. The molecule has 78 valence electrons. The van der Waals surface area contributed by atoms with Crippen LogP contribution in [0.25, 0.3) is 0 Å². The lowest BCUT2D eigenvalue weighted by Crippen LogP contribution is -2.15. The summed E-state index contributed by atoms with van der Waals surface area (Å²) in [5.41, 5.74) is 8.85. The van der Waals surface area contributed by atoms with E-state index in [0.717, 1.165) is 24.0 Å². The fourth-order valence-corrected chi connectivity index (χ4v) is 1.58. The van der Waals surface area contributed by atoms with E-state index in [4.69, 9.17) is 5.73 Å². The molecule has 0 unspecified atom stereocenters. The van der Waals surface area contributed by atoms with E-state index >= 15 is 0 Å². The molecule has 0 saturated heterocycles. The van der Waals surface area contributed by atoms with Crippen LogP contribution in [0.4, 0.5) is 0 Å². The highest BCUT2D eigenvalue weighted by Crippen LogP contribution is 2.23. The van der Waals surface area contributed by atoms with Gasteiger partial charge in [-0.05, 0) is 50.3 Å². The van der Waals surface area contributed by atoms with Crippen LogP contribution in [0.2, 0.25) is 0 Å². The van der Waals surface area contributed by atoms with Gasteiger partial charge in [0.2, 0.25) is 0 Å². The molecule has 1 rings (SSSR count). The normalized spacial score (nSPS) is 12.9. The number of aryl methyl sites for hydroxylation is 3. The molecular weight excluding hydrogens is 174 g/mol. The Bertz CT molecular complexity index is 295. The molecule has 0 fully saturated rings. The fraction of sp³-hybridized carbons (Fsp3) is 0.500. The van der Waals surface area contributed by atoms with E-state index in [1.165, 1.54) is 5.56 Å². The molecular formula is C12H19NO. The maximum atomic E-state index is 9.58. The van der Waals surface area contributed by atoms with E-state index in [2.05, 4.69) is 0 Å². The molecule has 0 bridgehead atoms. The maximum Gasteiger partial charge on any atom is 0.121 e.